The molecule has 1 aromatic carbocycles. The minimum atomic E-state index is -0.382. The van der Waals surface area contributed by atoms with Crippen molar-refractivity contribution in [1.82, 2.24) is 29.6 Å². The Morgan fingerprint density at radius 3 is 2.74 bits per heavy atom. The maximum Gasteiger partial charge on any atom is 0.277 e. The molecule has 1 fully saturated rings. The van der Waals surface area contributed by atoms with Gasteiger partial charge < -0.3 is 25.0 Å². The summed E-state index contributed by atoms with van der Waals surface area (Å²) in [6.07, 6.45) is 1.35. The van der Waals surface area contributed by atoms with Crippen molar-refractivity contribution < 1.29 is 14.3 Å². The smallest absolute Gasteiger partial charge is 0.277 e. The van der Waals surface area contributed by atoms with Crippen molar-refractivity contribution in [3.05, 3.63) is 57.2 Å². The van der Waals surface area contributed by atoms with Crippen LogP contribution in [0.5, 0.6) is 5.75 Å². The van der Waals surface area contributed by atoms with Gasteiger partial charge in [-0.3, -0.25) is 19.4 Å². The lowest BCUT2D eigenvalue weighted by molar-refractivity contribution is 0.0298. The molecule has 1 saturated heterocycles. The Kier molecular flexibility index (Phi) is 6.82. The molecule has 0 bridgehead atoms. The van der Waals surface area contributed by atoms with Crippen LogP contribution in [0.1, 0.15) is 16.2 Å². The molecule has 3 aromatic heterocycles. The topological polar surface area (TPSA) is 163 Å². The van der Waals surface area contributed by atoms with Crippen LogP contribution in [-0.2, 0) is 11.8 Å². The number of morpholine rings is 1. The van der Waals surface area contributed by atoms with Crippen molar-refractivity contribution in [2.75, 3.05) is 44.0 Å². The van der Waals surface area contributed by atoms with Crippen LogP contribution < -0.4 is 20.9 Å². The summed E-state index contributed by atoms with van der Waals surface area (Å²) in [7, 11) is 3.07. The normalized spacial score (nSPS) is 13.3. The average molecular weight is 536 g/mol. The number of methoxy groups -OCH3 is 1. The third-order valence-electron chi connectivity index (χ3n) is 5.89. The van der Waals surface area contributed by atoms with Gasteiger partial charge in [-0.1, -0.05) is 17.7 Å². The van der Waals surface area contributed by atoms with Crippen molar-refractivity contribution in [2.24, 2.45) is 7.05 Å². The maximum atomic E-state index is 12.8. The number of hydrogen-bond donors (Lipinski definition) is 3. The first-order valence-electron chi connectivity index (χ1n) is 11.5. The van der Waals surface area contributed by atoms with Crippen LogP contribution in [0.15, 0.2) is 35.3 Å². The van der Waals surface area contributed by atoms with E-state index in [4.69, 9.17) is 21.1 Å². The SMILES string of the molecule is COc1c(Cl)cccc1Nc1cc(Nc2cnc(C(=O)N3CCOCC3)c(C#N)n2)nc2[nH]n(C)c(=O)c12. The monoisotopic (exact) mass is 535 g/mol. The lowest BCUT2D eigenvalue weighted by atomic mass is 10.2. The fraction of sp³-hybridized carbons (Fsp3) is 0.250. The van der Waals surface area contributed by atoms with Crippen LogP contribution >= 0.6 is 11.6 Å². The van der Waals surface area contributed by atoms with E-state index in [9.17, 15) is 14.9 Å². The predicted octanol–water partition coefficient (Wildman–Crippen LogP) is 2.54. The highest BCUT2D eigenvalue weighted by Crippen LogP contribution is 2.36. The quantitative estimate of drug-likeness (QED) is 0.334. The number of H-pyrrole nitrogens is 1. The number of hydrogen-bond acceptors (Lipinski definition) is 10. The van der Waals surface area contributed by atoms with Crippen molar-refractivity contribution in [2.45, 2.75) is 0 Å². The number of carbonyl (C=O) groups excluding carboxylic acids is 1. The van der Waals surface area contributed by atoms with E-state index in [2.05, 4.69) is 30.7 Å². The van der Waals surface area contributed by atoms with E-state index in [1.165, 1.54) is 18.0 Å². The van der Waals surface area contributed by atoms with Gasteiger partial charge in [-0.25, -0.2) is 15.0 Å². The lowest BCUT2D eigenvalue weighted by Crippen LogP contribution is -2.41. The molecule has 13 nitrogen and oxygen atoms in total. The maximum absolute atomic E-state index is 12.8. The van der Waals surface area contributed by atoms with Gasteiger partial charge in [-0.15, -0.1) is 0 Å². The summed E-state index contributed by atoms with van der Waals surface area (Å²) >= 11 is 6.26. The third kappa shape index (κ3) is 4.70. The summed E-state index contributed by atoms with van der Waals surface area (Å²) in [6.45, 7) is 1.68. The van der Waals surface area contributed by atoms with Crippen LogP contribution in [0.25, 0.3) is 11.0 Å². The number of rotatable bonds is 6. The van der Waals surface area contributed by atoms with Gasteiger partial charge in [0.05, 0.1) is 42.9 Å². The number of para-hydroxylation sites is 1. The highest BCUT2D eigenvalue weighted by molar-refractivity contribution is 6.32. The fourth-order valence-electron chi connectivity index (χ4n) is 4.07. The number of carbonyl (C=O) groups is 1. The Balaban J connectivity index is 1.50. The zero-order chi connectivity index (χ0) is 26.8. The summed E-state index contributed by atoms with van der Waals surface area (Å²) in [5.74, 6) is 0.517. The highest BCUT2D eigenvalue weighted by Gasteiger charge is 2.24. The molecule has 14 heteroatoms. The number of aromatic nitrogens is 5. The molecule has 1 aliphatic heterocycles. The number of aryl methyl sites for hydroxylation is 1. The number of ether oxygens (including phenoxy) is 2. The zero-order valence-electron chi connectivity index (χ0n) is 20.4. The van der Waals surface area contributed by atoms with Gasteiger partial charge in [0.25, 0.3) is 11.5 Å². The number of benzene rings is 1. The largest absolute Gasteiger partial charge is 0.493 e. The second-order valence-corrected chi connectivity index (χ2v) is 8.70. The number of pyridine rings is 1. The molecule has 1 aliphatic rings. The number of fused-ring (bicyclic) bond motifs is 1. The second kappa shape index (κ2) is 10.4. The van der Waals surface area contributed by atoms with Crippen LogP contribution in [0.4, 0.5) is 23.0 Å². The standard InChI is InChI=1S/C24H22ClN9O4/c1-33-23(35)19-15(28-14-5-3-4-13(25)21(14)37-2)10-17(31-22(19)32-33)30-18-12-27-20(16(11-26)29-18)24(36)34-6-8-38-9-7-34/h3-5,10,12H,6-9H2,1-2H3,(H3,28,29,30,31,32). The Labute approximate surface area is 221 Å². The number of halogens is 1. The molecule has 4 heterocycles. The number of aromatic amines is 1. The Morgan fingerprint density at radius 1 is 1.21 bits per heavy atom. The van der Waals surface area contributed by atoms with Gasteiger partial charge in [0.2, 0.25) is 0 Å². The van der Waals surface area contributed by atoms with Crippen LogP contribution in [0.2, 0.25) is 5.02 Å². The van der Waals surface area contributed by atoms with Crippen LogP contribution in [0.3, 0.4) is 0 Å². The van der Waals surface area contributed by atoms with Gasteiger partial charge in [0.15, 0.2) is 28.6 Å². The second-order valence-electron chi connectivity index (χ2n) is 8.29. The Morgan fingerprint density at radius 2 is 2.00 bits per heavy atom. The molecule has 0 unspecified atom stereocenters. The van der Waals surface area contributed by atoms with Crippen molar-refractivity contribution in [1.29, 1.82) is 5.26 Å². The molecule has 194 valence electrons. The molecule has 0 spiro atoms. The minimum absolute atomic E-state index is 0.0360. The predicted molar refractivity (Wildman–Crippen MR) is 139 cm³/mol. The van der Waals surface area contributed by atoms with Gasteiger partial charge in [-0.2, -0.15) is 5.26 Å². The van der Waals surface area contributed by atoms with E-state index in [1.807, 2.05) is 6.07 Å². The molecule has 38 heavy (non-hydrogen) atoms. The first-order valence-corrected chi connectivity index (χ1v) is 11.9. The average Bonchev–Trinajstić information content (AvgIpc) is 3.21. The van der Waals surface area contributed by atoms with E-state index in [1.54, 1.807) is 36.2 Å². The zero-order valence-corrected chi connectivity index (χ0v) is 21.2. The molecule has 5 rings (SSSR count). The van der Waals surface area contributed by atoms with Crippen LogP contribution in [-0.4, -0.2) is 69.0 Å². The molecule has 3 N–H and O–H groups in total. The first-order chi connectivity index (χ1) is 18.4. The molecule has 4 aromatic rings. The van der Waals surface area contributed by atoms with Gasteiger partial charge >= 0.3 is 0 Å². The fourth-order valence-corrected chi connectivity index (χ4v) is 4.33. The Hall–Kier alpha value is -4.67. The number of nitriles is 1. The van der Waals surface area contributed by atoms with Gasteiger partial charge in [-0.05, 0) is 12.1 Å². The lowest BCUT2D eigenvalue weighted by Gasteiger charge is -2.26. The van der Waals surface area contributed by atoms with Crippen molar-refractivity contribution in [3.63, 3.8) is 0 Å². The molecule has 0 radical (unpaired) electrons. The van der Waals surface area contributed by atoms with Crippen molar-refractivity contribution >= 4 is 51.6 Å². The van der Waals surface area contributed by atoms with Crippen LogP contribution in [0, 0.1) is 11.3 Å². The number of anilines is 4. The Bertz CT molecular complexity index is 1640. The molecule has 0 saturated carbocycles. The summed E-state index contributed by atoms with van der Waals surface area (Å²) in [5, 5.41) is 19.5. The molecular weight excluding hydrogens is 514 g/mol. The molecule has 0 aliphatic carbocycles. The number of nitrogens with zero attached hydrogens (tertiary/aromatic N) is 6. The summed E-state index contributed by atoms with van der Waals surface area (Å²) < 4.78 is 12.0. The summed E-state index contributed by atoms with van der Waals surface area (Å²) in [4.78, 5) is 40.2. The summed E-state index contributed by atoms with van der Waals surface area (Å²) in [5.41, 5.74) is 0.819. The van der Waals surface area contributed by atoms with E-state index >= 15 is 0 Å². The number of nitrogens with one attached hydrogen (secondary N) is 3. The summed E-state index contributed by atoms with van der Waals surface area (Å²) in [6, 6.07) is 8.75. The van der Waals surface area contributed by atoms with E-state index < -0.39 is 0 Å². The third-order valence-corrected chi connectivity index (χ3v) is 6.19. The first kappa shape index (κ1) is 25.0. The van der Waals surface area contributed by atoms with Gasteiger partial charge in [0.1, 0.15) is 17.3 Å². The van der Waals surface area contributed by atoms with Crippen molar-refractivity contribution in [3.8, 4) is 11.8 Å². The molecule has 0 atom stereocenters. The van der Waals surface area contributed by atoms with Gasteiger partial charge in [0, 0.05) is 26.2 Å². The van der Waals surface area contributed by atoms with E-state index in [0.717, 1.165) is 0 Å². The van der Waals surface area contributed by atoms with E-state index in [-0.39, 0.29) is 28.7 Å². The minimum Gasteiger partial charge on any atom is -0.493 e. The number of amides is 1. The van der Waals surface area contributed by atoms with E-state index in [0.29, 0.717) is 65.3 Å². The molecular formula is C24H22ClN9O4. The molecule has 1 amide bonds. The highest BCUT2D eigenvalue weighted by atomic mass is 35.5.